The van der Waals surface area contributed by atoms with E-state index in [0.29, 0.717) is 36.8 Å². The van der Waals surface area contributed by atoms with Crippen LogP contribution in [0.1, 0.15) is 37.0 Å². The van der Waals surface area contributed by atoms with Crippen LogP contribution in [0.3, 0.4) is 0 Å². The van der Waals surface area contributed by atoms with E-state index in [9.17, 15) is 4.79 Å². The minimum absolute atomic E-state index is 0.0404. The molecule has 1 amide bonds. The average Bonchev–Trinajstić information content (AvgIpc) is 2.97. The zero-order valence-electron chi connectivity index (χ0n) is 13.2. The number of carbonyl (C=O) groups excluding carboxylic acids is 1. The SMILES string of the molecule is CC1(C)COc2ccc(C(=O)NC[C@@H]3CCCO3)cc2OC1. The van der Waals surface area contributed by atoms with E-state index >= 15 is 0 Å². The predicted octanol–water partition coefficient (Wildman–Crippen LogP) is 2.39. The molecule has 120 valence electrons. The maximum Gasteiger partial charge on any atom is 0.251 e. The van der Waals surface area contributed by atoms with Gasteiger partial charge in [0, 0.05) is 24.1 Å². The van der Waals surface area contributed by atoms with Crippen LogP contribution < -0.4 is 14.8 Å². The average molecular weight is 305 g/mol. The van der Waals surface area contributed by atoms with Crippen LogP contribution in [0.2, 0.25) is 0 Å². The minimum atomic E-state index is -0.106. The molecule has 3 rings (SSSR count). The van der Waals surface area contributed by atoms with E-state index in [0.717, 1.165) is 19.4 Å². The fourth-order valence-electron chi connectivity index (χ4n) is 2.58. The predicted molar refractivity (Wildman–Crippen MR) is 82.5 cm³/mol. The Morgan fingerprint density at radius 3 is 2.77 bits per heavy atom. The summed E-state index contributed by atoms with van der Waals surface area (Å²) >= 11 is 0. The summed E-state index contributed by atoms with van der Waals surface area (Å²) in [5.41, 5.74) is 0.543. The molecule has 0 aromatic heterocycles. The second kappa shape index (κ2) is 6.16. The first kappa shape index (κ1) is 15.2. The number of nitrogens with one attached hydrogen (secondary N) is 1. The number of hydrogen-bond donors (Lipinski definition) is 1. The van der Waals surface area contributed by atoms with Crippen LogP contribution in [0.4, 0.5) is 0 Å². The van der Waals surface area contributed by atoms with Gasteiger partial charge in [0.25, 0.3) is 5.91 Å². The monoisotopic (exact) mass is 305 g/mol. The maximum atomic E-state index is 12.2. The molecule has 2 aliphatic heterocycles. The molecule has 1 N–H and O–H groups in total. The molecule has 0 spiro atoms. The van der Waals surface area contributed by atoms with Crippen LogP contribution in [0.25, 0.3) is 0 Å². The van der Waals surface area contributed by atoms with Crippen molar-refractivity contribution in [2.75, 3.05) is 26.4 Å². The van der Waals surface area contributed by atoms with Crippen LogP contribution in [0.5, 0.6) is 11.5 Å². The number of ether oxygens (including phenoxy) is 3. The Labute approximate surface area is 130 Å². The van der Waals surface area contributed by atoms with Gasteiger partial charge in [-0.1, -0.05) is 13.8 Å². The highest BCUT2D eigenvalue weighted by Gasteiger charge is 2.26. The van der Waals surface area contributed by atoms with Gasteiger partial charge in [0.2, 0.25) is 0 Å². The summed E-state index contributed by atoms with van der Waals surface area (Å²) in [6, 6.07) is 5.32. The zero-order valence-corrected chi connectivity index (χ0v) is 13.2. The van der Waals surface area contributed by atoms with E-state index in [1.807, 2.05) is 0 Å². The van der Waals surface area contributed by atoms with E-state index < -0.39 is 0 Å². The third-order valence-electron chi connectivity index (χ3n) is 3.96. The van der Waals surface area contributed by atoms with Crippen molar-refractivity contribution in [3.05, 3.63) is 23.8 Å². The van der Waals surface area contributed by atoms with Crippen LogP contribution in [-0.4, -0.2) is 38.4 Å². The van der Waals surface area contributed by atoms with Gasteiger partial charge in [-0.25, -0.2) is 0 Å². The number of rotatable bonds is 3. The van der Waals surface area contributed by atoms with Crippen molar-refractivity contribution >= 4 is 5.91 Å². The lowest BCUT2D eigenvalue weighted by Crippen LogP contribution is -2.31. The second-order valence-corrected chi connectivity index (χ2v) is 6.75. The summed E-state index contributed by atoms with van der Waals surface area (Å²) < 4.78 is 17.1. The lowest BCUT2D eigenvalue weighted by Gasteiger charge is -2.19. The molecule has 5 nitrogen and oxygen atoms in total. The molecule has 0 aliphatic carbocycles. The van der Waals surface area contributed by atoms with E-state index in [4.69, 9.17) is 14.2 Å². The standard InChI is InChI=1S/C17H23NO4/c1-17(2)10-21-14-6-5-12(8-15(14)22-11-17)16(19)18-9-13-4-3-7-20-13/h5-6,8,13H,3-4,7,9-11H2,1-2H3,(H,18,19)/t13-/m0/s1. The molecule has 0 saturated carbocycles. The summed E-state index contributed by atoms with van der Waals surface area (Å²) in [4.78, 5) is 12.2. The first-order valence-corrected chi connectivity index (χ1v) is 7.83. The Hall–Kier alpha value is -1.75. The van der Waals surface area contributed by atoms with Crippen molar-refractivity contribution in [2.24, 2.45) is 5.41 Å². The zero-order chi connectivity index (χ0) is 15.6. The lowest BCUT2D eigenvalue weighted by molar-refractivity contribution is 0.0857. The Bertz CT molecular complexity index is 550. The molecule has 1 atom stereocenters. The summed E-state index contributed by atoms with van der Waals surface area (Å²) in [5, 5.41) is 2.92. The van der Waals surface area contributed by atoms with Crippen molar-refractivity contribution in [1.29, 1.82) is 0 Å². The first-order chi connectivity index (χ1) is 10.5. The molecule has 1 aromatic rings. The summed E-state index contributed by atoms with van der Waals surface area (Å²) in [5.74, 6) is 1.22. The number of amides is 1. The Morgan fingerprint density at radius 1 is 1.27 bits per heavy atom. The van der Waals surface area contributed by atoms with Crippen molar-refractivity contribution in [2.45, 2.75) is 32.8 Å². The normalized spacial score (nSPS) is 22.9. The molecule has 1 aromatic carbocycles. The molecule has 0 unspecified atom stereocenters. The quantitative estimate of drug-likeness (QED) is 0.931. The Kier molecular flexibility index (Phi) is 4.25. The van der Waals surface area contributed by atoms with Gasteiger partial charge in [-0.3, -0.25) is 4.79 Å². The van der Waals surface area contributed by atoms with Crippen LogP contribution in [0, 0.1) is 5.41 Å². The molecule has 22 heavy (non-hydrogen) atoms. The second-order valence-electron chi connectivity index (χ2n) is 6.75. The third kappa shape index (κ3) is 3.53. The van der Waals surface area contributed by atoms with Gasteiger partial charge in [-0.15, -0.1) is 0 Å². The van der Waals surface area contributed by atoms with Crippen LogP contribution in [0.15, 0.2) is 18.2 Å². The highest BCUT2D eigenvalue weighted by molar-refractivity contribution is 5.94. The largest absolute Gasteiger partial charge is 0.489 e. The van der Waals surface area contributed by atoms with Gasteiger partial charge in [0.15, 0.2) is 11.5 Å². The summed E-state index contributed by atoms with van der Waals surface area (Å²) in [6.07, 6.45) is 2.22. The maximum absolute atomic E-state index is 12.2. The van der Waals surface area contributed by atoms with Crippen molar-refractivity contribution in [3.63, 3.8) is 0 Å². The molecule has 1 fully saturated rings. The van der Waals surface area contributed by atoms with E-state index in [1.165, 1.54) is 0 Å². The fraction of sp³-hybridized carbons (Fsp3) is 0.588. The number of benzene rings is 1. The van der Waals surface area contributed by atoms with Crippen molar-refractivity contribution in [3.8, 4) is 11.5 Å². The first-order valence-electron chi connectivity index (χ1n) is 7.83. The van der Waals surface area contributed by atoms with Gasteiger partial charge >= 0.3 is 0 Å². The van der Waals surface area contributed by atoms with E-state index in [1.54, 1.807) is 18.2 Å². The molecular formula is C17H23NO4. The summed E-state index contributed by atoms with van der Waals surface area (Å²) in [7, 11) is 0. The van der Waals surface area contributed by atoms with Gasteiger partial charge < -0.3 is 19.5 Å². The molecule has 0 bridgehead atoms. The Balaban J connectivity index is 1.65. The number of hydrogen-bond acceptors (Lipinski definition) is 4. The minimum Gasteiger partial charge on any atom is -0.489 e. The van der Waals surface area contributed by atoms with Gasteiger partial charge in [0.05, 0.1) is 19.3 Å². The Morgan fingerprint density at radius 2 is 2.05 bits per heavy atom. The molecule has 2 aliphatic rings. The smallest absolute Gasteiger partial charge is 0.251 e. The highest BCUT2D eigenvalue weighted by atomic mass is 16.5. The van der Waals surface area contributed by atoms with Gasteiger partial charge in [-0.2, -0.15) is 0 Å². The lowest BCUT2D eigenvalue weighted by atomic mass is 9.97. The molecule has 5 heteroatoms. The highest BCUT2D eigenvalue weighted by Crippen LogP contribution is 2.34. The molecule has 2 heterocycles. The van der Waals surface area contributed by atoms with Gasteiger partial charge in [0.1, 0.15) is 0 Å². The van der Waals surface area contributed by atoms with E-state index in [2.05, 4.69) is 19.2 Å². The number of carbonyl (C=O) groups is 1. The third-order valence-corrected chi connectivity index (χ3v) is 3.96. The van der Waals surface area contributed by atoms with Gasteiger partial charge in [-0.05, 0) is 31.0 Å². The van der Waals surface area contributed by atoms with Crippen molar-refractivity contribution in [1.82, 2.24) is 5.32 Å². The van der Waals surface area contributed by atoms with Crippen LogP contribution >= 0.6 is 0 Å². The molecular weight excluding hydrogens is 282 g/mol. The molecule has 1 saturated heterocycles. The number of fused-ring (bicyclic) bond motifs is 1. The van der Waals surface area contributed by atoms with Crippen LogP contribution in [-0.2, 0) is 4.74 Å². The fourth-order valence-corrected chi connectivity index (χ4v) is 2.58. The van der Waals surface area contributed by atoms with E-state index in [-0.39, 0.29) is 17.4 Å². The summed E-state index contributed by atoms with van der Waals surface area (Å²) in [6.45, 7) is 6.70. The van der Waals surface area contributed by atoms with Crippen molar-refractivity contribution < 1.29 is 19.0 Å². The topological polar surface area (TPSA) is 56.8 Å². The molecule has 0 radical (unpaired) electrons.